The van der Waals surface area contributed by atoms with E-state index >= 15 is 0 Å². The molecule has 0 unspecified atom stereocenters. The zero-order valence-corrected chi connectivity index (χ0v) is 14.5. The number of hydrogen-bond donors (Lipinski definition) is 2. The van der Waals surface area contributed by atoms with Crippen LogP contribution in [0, 0.1) is 5.41 Å². The van der Waals surface area contributed by atoms with E-state index in [9.17, 15) is 0 Å². The van der Waals surface area contributed by atoms with Gasteiger partial charge in [0.2, 0.25) is 0 Å². The fourth-order valence-corrected chi connectivity index (χ4v) is 2.74. The van der Waals surface area contributed by atoms with E-state index in [4.69, 9.17) is 4.74 Å². The summed E-state index contributed by atoms with van der Waals surface area (Å²) in [5, 5.41) is 3.42. The number of nitrogens with one attached hydrogen (secondary N) is 2. The monoisotopic (exact) mass is 327 g/mol. The average molecular weight is 327 g/mol. The Morgan fingerprint density at radius 3 is 2.75 bits per heavy atom. The first-order chi connectivity index (χ1) is 11.6. The van der Waals surface area contributed by atoms with Gasteiger partial charge in [-0.3, -0.25) is 4.99 Å². The summed E-state index contributed by atoms with van der Waals surface area (Å²) in [5.41, 5.74) is 2.38. The predicted octanol–water partition coefficient (Wildman–Crippen LogP) is 2.12. The second kappa shape index (κ2) is 7.05. The molecule has 2 N–H and O–H groups in total. The molecule has 3 rings (SSSR count). The molecular formula is C18H25N5O. The molecule has 1 fully saturated rings. The second-order valence-electron chi connectivity index (χ2n) is 6.67. The van der Waals surface area contributed by atoms with Crippen molar-refractivity contribution in [3.05, 3.63) is 42.4 Å². The minimum Gasteiger partial charge on any atom is -0.380 e. The topological polar surface area (TPSA) is 65.5 Å². The number of guanidine groups is 1. The highest BCUT2D eigenvalue weighted by atomic mass is 16.5. The minimum atomic E-state index is 0.210. The molecule has 1 aliphatic rings. The van der Waals surface area contributed by atoms with E-state index in [1.165, 1.54) is 0 Å². The van der Waals surface area contributed by atoms with Gasteiger partial charge in [-0.15, -0.1) is 0 Å². The van der Waals surface area contributed by atoms with Gasteiger partial charge in [-0.2, -0.15) is 0 Å². The summed E-state index contributed by atoms with van der Waals surface area (Å²) in [6.45, 7) is 5.35. The summed E-state index contributed by atoms with van der Waals surface area (Å²) in [4.78, 5) is 14.3. The third kappa shape index (κ3) is 3.76. The van der Waals surface area contributed by atoms with E-state index < -0.39 is 0 Å². The molecule has 2 aromatic rings. The number of aromatic amines is 1. The number of nitrogens with zero attached hydrogens (tertiary/aromatic N) is 3. The highest BCUT2D eigenvalue weighted by molar-refractivity contribution is 5.79. The van der Waals surface area contributed by atoms with Gasteiger partial charge in [-0.1, -0.05) is 37.3 Å². The molecular weight excluding hydrogens is 302 g/mol. The van der Waals surface area contributed by atoms with E-state index in [0.717, 1.165) is 42.8 Å². The van der Waals surface area contributed by atoms with Gasteiger partial charge in [-0.25, -0.2) is 4.98 Å². The Balaban J connectivity index is 1.59. The SMILES string of the molecule is CN=C(NCC1(C)COC1)N(C)Cc1ncc(-c2ccccc2)[nH]1. The van der Waals surface area contributed by atoms with Crippen LogP contribution in [0.3, 0.4) is 0 Å². The fourth-order valence-electron chi connectivity index (χ4n) is 2.74. The Bertz CT molecular complexity index is 690. The summed E-state index contributed by atoms with van der Waals surface area (Å²) in [6, 6.07) is 10.2. The maximum atomic E-state index is 5.30. The van der Waals surface area contributed by atoms with E-state index in [1.54, 1.807) is 7.05 Å². The van der Waals surface area contributed by atoms with Crippen molar-refractivity contribution in [2.45, 2.75) is 13.5 Å². The first kappa shape index (κ1) is 16.5. The number of aliphatic imine (C=N–C) groups is 1. The number of rotatable bonds is 5. The molecule has 24 heavy (non-hydrogen) atoms. The zero-order valence-electron chi connectivity index (χ0n) is 14.5. The van der Waals surface area contributed by atoms with Crippen molar-refractivity contribution in [3.8, 4) is 11.3 Å². The fraction of sp³-hybridized carbons (Fsp3) is 0.444. The van der Waals surface area contributed by atoms with Crippen LogP contribution in [0.5, 0.6) is 0 Å². The highest BCUT2D eigenvalue weighted by Gasteiger charge is 2.33. The summed E-state index contributed by atoms with van der Waals surface area (Å²) in [6.07, 6.45) is 1.88. The van der Waals surface area contributed by atoms with E-state index in [2.05, 4.69) is 44.2 Å². The van der Waals surface area contributed by atoms with Crippen molar-refractivity contribution < 1.29 is 4.74 Å². The highest BCUT2D eigenvalue weighted by Crippen LogP contribution is 2.25. The van der Waals surface area contributed by atoms with Crippen LogP contribution < -0.4 is 5.32 Å². The first-order valence-corrected chi connectivity index (χ1v) is 8.18. The number of benzene rings is 1. The molecule has 0 aliphatic carbocycles. The Hall–Kier alpha value is -2.34. The molecule has 0 radical (unpaired) electrons. The lowest BCUT2D eigenvalue weighted by atomic mass is 9.89. The first-order valence-electron chi connectivity index (χ1n) is 8.18. The maximum absolute atomic E-state index is 5.30. The maximum Gasteiger partial charge on any atom is 0.193 e. The Labute approximate surface area is 143 Å². The number of imidazole rings is 1. The van der Waals surface area contributed by atoms with Crippen molar-refractivity contribution in [3.63, 3.8) is 0 Å². The van der Waals surface area contributed by atoms with E-state index in [0.29, 0.717) is 6.54 Å². The standard InChI is InChI=1S/C18H25N5O/c1-18(12-24-13-18)11-21-17(19-2)23(3)10-16-20-9-15(22-16)14-7-5-4-6-8-14/h4-9H,10-13H2,1-3H3,(H,19,21)(H,20,22). The smallest absolute Gasteiger partial charge is 0.193 e. The largest absolute Gasteiger partial charge is 0.380 e. The molecule has 1 aliphatic heterocycles. The number of H-pyrrole nitrogens is 1. The lowest BCUT2D eigenvalue weighted by molar-refractivity contribution is -0.0972. The van der Waals surface area contributed by atoms with E-state index in [1.807, 2.05) is 31.4 Å². The van der Waals surface area contributed by atoms with Crippen LogP contribution in [-0.4, -0.2) is 54.7 Å². The molecule has 6 nitrogen and oxygen atoms in total. The van der Waals surface area contributed by atoms with Gasteiger partial charge < -0.3 is 19.9 Å². The normalized spacial score (nSPS) is 16.5. The van der Waals surface area contributed by atoms with Crippen molar-refractivity contribution in [2.75, 3.05) is 33.9 Å². The van der Waals surface area contributed by atoms with Crippen LogP contribution in [0.15, 0.2) is 41.5 Å². The van der Waals surface area contributed by atoms with Crippen molar-refractivity contribution in [2.24, 2.45) is 10.4 Å². The molecule has 1 aromatic carbocycles. The Morgan fingerprint density at radius 2 is 2.12 bits per heavy atom. The number of ether oxygens (including phenoxy) is 1. The molecule has 0 saturated carbocycles. The quantitative estimate of drug-likeness (QED) is 0.652. The second-order valence-corrected chi connectivity index (χ2v) is 6.67. The molecule has 128 valence electrons. The Morgan fingerprint density at radius 1 is 1.38 bits per heavy atom. The number of aromatic nitrogens is 2. The van der Waals surface area contributed by atoms with E-state index in [-0.39, 0.29) is 5.41 Å². The van der Waals surface area contributed by atoms with Crippen LogP contribution >= 0.6 is 0 Å². The lowest BCUT2D eigenvalue weighted by Gasteiger charge is -2.39. The van der Waals surface area contributed by atoms with Crippen LogP contribution in [0.25, 0.3) is 11.3 Å². The third-order valence-electron chi connectivity index (χ3n) is 4.25. The predicted molar refractivity (Wildman–Crippen MR) is 95.8 cm³/mol. The number of hydrogen-bond acceptors (Lipinski definition) is 3. The molecule has 1 saturated heterocycles. The van der Waals surface area contributed by atoms with Crippen molar-refractivity contribution in [1.82, 2.24) is 20.2 Å². The van der Waals surface area contributed by atoms with Gasteiger partial charge in [0.05, 0.1) is 31.6 Å². The molecule has 0 atom stereocenters. The minimum absolute atomic E-state index is 0.210. The molecule has 1 aromatic heterocycles. The van der Waals surface area contributed by atoms with Gasteiger partial charge in [0.1, 0.15) is 5.82 Å². The molecule has 0 bridgehead atoms. The summed E-state index contributed by atoms with van der Waals surface area (Å²) < 4.78 is 5.30. The van der Waals surface area contributed by atoms with Crippen LogP contribution in [-0.2, 0) is 11.3 Å². The Kier molecular flexibility index (Phi) is 4.85. The van der Waals surface area contributed by atoms with Gasteiger partial charge in [-0.05, 0) is 5.56 Å². The summed E-state index contributed by atoms with van der Waals surface area (Å²) >= 11 is 0. The lowest BCUT2D eigenvalue weighted by Crippen LogP contribution is -2.51. The molecule has 6 heteroatoms. The van der Waals surface area contributed by atoms with Gasteiger partial charge in [0, 0.05) is 26.1 Å². The summed E-state index contributed by atoms with van der Waals surface area (Å²) in [7, 11) is 3.82. The molecule has 0 spiro atoms. The third-order valence-corrected chi connectivity index (χ3v) is 4.25. The van der Waals surface area contributed by atoms with Crippen LogP contribution in [0.4, 0.5) is 0 Å². The van der Waals surface area contributed by atoms with Crippen molar-refractivity contribution in [1.29, 1.82) is 0 Å². The molecule has 2 heterocycles. The van der Waals surface area contributed by atoms with Crippen molar-refractivity contribution >= 4 is 5.96 Å². The molecule has 0 amide bonds. The average Bonchev–Trinajstić information content (AvgIpc) is 3.03. The summed E-state index contributed by atoms with van der Waals surface area (Å²) in [5.74, 6) is 1.78. The van der Waals surface area contributed by atoms with Gasteiger partial charge in [0.25, 0.3) is 0 Å². The van der Waals surface area contributed by atoms with Gasteiger partial charge in [0.15, 0.2) is 5.96 Å². The van der Waals surface area contributed by atoms with Crippen LogP contribution in [0.1, 0.15) is 12.7 Å². The van der Waals surface area contributed by atoms with Crippen LogP contribution in [0.2, 0.25) is 0 Å². The van der Waals surface area contributed by atoms with Gasteiger partial charge >= 0.3 is 0 Å². The zero-order chi connectivity index (χ0) is 17.0.